The first kappa shape index (κ1) is 17.4. The van der Waals surface area contributed by atoms with Crippen molar-refractivity contribution in [3.05, 3.63) is 42.0 Å². The molecule has 0 saturated heterocycles. The van der Waals surface area contributed by atoms with E-state index in [0.29, 0.717) is 11.5 Å². The highest BCUT2D eigenvalue weighted by molar-refractivity contribution is 5.33. The number of rotatable bonds is 4. The van der Waals surface area contributed by atoms with Crippen molar-refractivity contribution in [2.75, 3.05) is 7.11 Å². The van der Waals surface area contributed by atoms with Crippen LogP contribution < -0.4 is 4.74 Å². The third kappa shape index (κ3) is 3.50. The van der Waals surface area contributed by atoms with Crippen LogP contribution in [0.25, 0.3) is 0 Å². The van der Waals surface area contributed by atoms with Gasteiger partial charge in [0.05, 0.1) is 7.11 Å². The molecule has 2 aliphatic rings. The number of methoxy groups -OCH3 is 1. The number of allylic oxidation sites excluding steroid dienone is 1. The van der Waals surface area contributed by atoms with E-state index < -0.39 is 11.6 Å². The molecule has 0 N–H and O–H groups in total. The van der Waals surface area contributed by atoms with Crippen LogP contribution in [0, 0.1) is 29.4 Å². The molecule has 0 atom stereocenters. The molecule has 1 nitrogen and oxygen atoms in total. The van der Waals surface area contributed by atoms with E-state index in [4.69, 9.17) is 4.74 Å². The van der Waals surface area contributed by atoms with Gasteiger partial charge < -0.3 is 4.74 Å². The van der Waals surface area contributed by atoms with Crippen LogP contribution in [0.3, 0.4) is 0 Å². The molecule has 2 aliphatic carbocycles. The molecule has 2 fully saturated rings. The summed E-state index contributed by atoms with van der Waals surface area (Å²) in [5.41, 5.74) is 0.530. The second-order valence-corrected chi connectivity index (χ2v) is 7.51. The number of benzene rings is 1. The van der Waals surface area contributed by atoms with Crippen LogP contribution in [-0.4, -0.2) is 7.11 Å². The molecule has 0 radical (unpaired) electrons. The van der Waals surface area contributed by atoms with Crippen molar-refractivity contribution in [1.29, 1.82) is 0 Å². The van der Waals surface area contributed by atoms with Gasteiger partial charge in [0, 0.05) is 2.85 Å². The van der Waals surface area contributed by atoms with Crippen LogP contribution in [0.1, 0.15) is 65.7 Å². The molecule has 0 bridgehead atoms. The Kier molecular flexibility index (Phi) is 5.57. The molecule has 136 valence electrons. The quantitative estimate of drug-likeness (QED) is 0.553. The lowest BCUT2D eigenvalue weighted by Gasteiger charge is -2.37. The van der Waals surface area contributed by atoms with E-state index >= 15 is 0 Å². The SMILES string of the molecule is C=CC1CCC(C2CCC(c3ccc(OC)c(F)c3F)CC2)CC1.[HH].[HH]. The Morgan fingerprint density at radius 1 is 0.958 bits per heavy atom. The highest BCUT2D eigenvalue weighted by atomic mass is 19.2. The Hall–Kier alpha value is -1.38. The normalized spacial score (nSPS) is 30.8. The van der Waals surface area contributed by atoms with Crippen molar-refractivity contribution in [2.45, 2.75) is 57.3 Å². The van der Waals surface area contributed by atoms with Crippen molar-refractivity contribution < 1.29 is 16.4 Å². The number of ether oxygens (including phenoxy) is 1. The first-order valence-electron chi connectivity index (χ1n) is 9.28. The van der Waals surface area contributed by atoms with Gasteiger partial charge in [-0.3, -0.25) is 0 Å². The molecular weight excluding hydrogens is 306 g/mol. The minimum atomic E-state index is -0.847. The van der Waals surface area contributed by atoms with Gasteiger partial charge >= 0.3 is 0 Å². The average Bonchev–Trinajstić information content (AvgIpc) is 2.64. The summed E-state index contributed by atoms with van der Waals surface area (Å²) >= 11 is 0. The van der Waals surface area contributed by atoms with Crippen LogP contribution >= 0.6 is 0 Å². The summed E-state index contributed by atoms with van der Waals surface area (Å²) in [5, 5.41) is 0. The second kappa shape index (κ2) is 7.67. The van der Waals surface area contributed by atoms with Gasteiger partial charge in [0.2, 0.25) is 5.82 Å². The number of hydrogen-bond donors (Lipinski definition) is 0. The zero-order chi connectivity index (χ0) is 17.1. The van der Waals surface area contributed by atoms with Crippen molar-refractivity contribution in [3.8, 4) is 5.75 Å². The Morgan fingerprint density at radius 3 is 2.08 bits per heavy atom. The topological polar surface area (TPSA) is 9.23 Å². The molecule has 0 aromatic heterocycles. The first-order chi connectivity index (χ1) is 11.6. The second-order valence-electron chi connectivity index (χ2n) is 7.51. The van der Waals surface area contributed by atoms with E-state index in [1.165, 1.54) is 32.8 Å². The Morgan fingerprint density at radius 2 is 1.54 bits per heavy atom. The lowest BCUT2D eigenvalue weighted by atomic mass is 9.68. The standard InChI is InChI=1S/C21H28F2O.2H2/c1-3-14-4-6-15(7-5-14)16-8-10-17(11-9-16)18-12-13-19(24-2)21(23)20(18)22;;/h3,12-17H,1,4-11H2,2H3;2*1H. The monoisotopic (exact) mass is 338 g/mol. The van der Waals surface area contributed by atoms with Gasteiger partial charge in [-0.05, 0) is 86.7 Å². The van der Waals surface area contributed by atoms with E-state index in [1.807, 2.05) is 0 Å². The fraction of sp³-hybridized carbons (Fsp3) is 0.619. The van der Waals surface area contributed by atoms with Crippen molar-refractivity contribution in [1.82, 2.24) is 0 Å². The summed E-state index contributed by atoms with van der Waals surface area (Å²) in [4.78, 5) is 0. The largest absolute Gasteiger partial charge is 0.494 e. The first-order valence-corrected chi connectivity index (χ1v) is 9.28. The molecule has 0 unspecified atom stereocenters. The molecule has 24 heavy (non-hydrogen) atoms. The van der Waals surface area contributed by atoms with Gasteiger partial charge in [0.25, 0.3) is 0 Å². The van der Waals surface area contributed by atoms with Crippen molar-refractivity contribution in [2.24, 2.45) is 17.8 Å². The molecule has 1 aromatic carbocycles. The average molecular weight is 338 g/mol. The third-order valence-electron chi connectivity index (χ3n) is 6.32. The maximum atomic E-state index is 14.3. The van der Waals surface area contributed by atoms with Gasteiger partial charge in [-0.25, -0.2) is 4.39 Å². The molecular formula is C21H32F2O. The van der Waals surface area contributed by atoms with Crippen LogP contribution in [-0.2, 0) is 0 Å². The third-order valence-corrected chi connectivity index (χ3v) is 6.32. The predicted octanol–water partition coefficient (Wildman–Crippen LogP) is 6.73. The summed E-state index contributed by atoms with van der Waals surface area (Å²) in [6, 6.07) is 3.26. The molecule has 3 heteroatoms. The Labute approximate surface area is 147 Å². The van der Waals surface area contributed by atoms with E-state index in [2.05, 4.69) is 12.7 Å². The zero-order valence-electron chi connectivity index (χ0n) is 14.6. The molecule has 2 saturated carbocycles. The van der Waals surface area contributed by atoms with Crippen LogP contribution in [0.5, 0.6) is 5.75 Å². The molecule has 0 aliphatic heterocycles. The minimum Gasteiger partial charge on any atom is -0.494 e. The van der Waals surface area contributed by atoms with Gasteiger partial charge in [-0.15, -0.1) is 6.58 Å². The van der Waals surface area contributed by atoms with Crippen molar-refractivity contribution >= 4 is 0 Å². The molecule has 0 spiro atoms. The lowest BCUT2D eigenvalue weighted by Crippen LogP contribution is -2.25. The highest BCUT2D eigenvalue weighted by Crippen LogP contribution is 2.44. The highest BCUT2D eigenvalue weighted by Gasteiger charge is 2.32. The smallest absolute Gasteiger partial charge is 0.200 e. The maximum absolute atomic E-state index is 14.3. The molecule has 3 rings (SSSR count). The minimum absolute atomic E-state index is 0. The predicted molar refractivity (Wildman–Crippen MR) is 97.5 cm³/mol. The fourth-order valence-electron chi connectivity index (χ4n) is 4.77. The van der Waals surface area contributed by atoms with E-state index in [0.717, 1.165) is 37.5 Å². The summed E-state index contributed by atoms with van der Waals surface area (Å²) in [7, 11) is 1.36. The lowest BCUT2D eigenvalue weighted by molar-refractivity contribution is 0.170. The van der Waals surface area contributed by atoms with E-state index in [9.17, 15) is 8.78 Å². The van der Waals surface area contributed by atoms with Crippen LogP contribution in [0.4, 0.5) is 8.78 Å². The Bertz CT molecular complexity index is 578. The molecule has 1 aromatic rings. The van der Waals surface area contributed by atoms with Gasteiger partial charge in [0.1, 0.15) is 0 Å². The van der Waals surface area contributed by atoms with Gasteiger partial charge in [0.15, 0.2) is 11.6 Å². The zero-order valence-corrected chi connectivity index (χ0v) is 14.6. The molecule has 0 amide bonds. The maximum Gasteiger partial charge on any atom is 0.200 e. The van der Waals surface area contributed by atoms with E-state index in [1.54, 1.807) is 12.1 Å². The number of halogens is 2. The van der Waals surface area contributed by atoms with E-state index in [-0.39, 0.29) is 14.5 Å². The summed E-state index contributed by atoms with van der Waals surface area (Å²) < 4.78 is 33.1. The van der Waals surface area contributed by atoms with Gasteiger partial charge in [-0.2, -0.15) is 4.39 Å². The van der Waals surface area contributed by atoms with Crippen LogP contribution in [0.2, 0.25) is 0 Å². The van der Waals surface area contributed by atoms with Crippen molar-refractivity contribution in [3.63, 3.8) is 0 Å². The van der Waals surface area contributed by atoms with Gasteiger partial charge in [-0.1, -0.05) is 12.1 Å². The molecule has 0 heterocycles. The van der Waals surface area contributed by atoms with Crippen LogP contribution in [0.15, 0.2) is 24.8 Å². The number of hydrogen-bond acceptors (Lipinski definition) is 1. The summed E-state index contributed by atoms with van der Waals surface area (Å²) in [6.45, 7) is 3.92. The summed E-state index contributed by atoms with van der Waals surface area (Å²) in [5.74, 6) is 0.853. The summed E-state index contributed by atoms with van der Waals surface area (Å²) in [6.07, 6.45) is 11.5. The Balaban J connectivity index is 0.00000169. The fourth-order valence-corrected chi connectivity index (χ4v) is 4.77.